The van der Waals surface area contributed by atoms with Crippen LogP contribution in [-0.4, -0.2) is 24.4 Å². The van der Waals surface area contributed by atoms with Crippen LogP contribution in [0.25, 0.3) is 11.1 Å². The molecule has 0 saturated heterocycles. The zero-order valence-electron chi connectivity index (χ0n) is 15.6. The summed E-state index contributed by atoms with van der Waals surface area (Å²) in [6.45, 7) is 0.864. The van der Waals surface area contributed by atoms with Crippen LogP contribution >= 0.6 is 0 Å². The van der Waals surface area contributed by atoms with E-state index in [0.29, 0.717) is 19.6 Å². The number of amides is 1. The molecule has 2 N–H and O–H groups in total. The van der Waals surface area contributed by atoms with Crippen molar-refractivity contribution < 1.29 is 14.6 Å². The van der Waals surface area contributed by atoms with Crippen molar-refractivity contribution in [3.8, 4) is 11.1 Å². The number of fused-ring (bicyclic) bond motifs is 3. The number of carbonyl (C=O) groups is 1. The van der Waals surface area contributed by atoms with Crippen LogP contribution in [0.3, 0.4) is 0 Å². The second-order valence-electron chi connectivity index (χ2n) is 6.97. The lowest BCUT2D eigenvalue weighted by atomic mass is 9.98. The quantitative estimate of drug-likeness (QED) is 0.679. The van der Waals surface area contributed by atoms with Gasteiger partial charge in [-0.05, 0) is 39.8 Å². The van der Waals surface area contributed by atoms with E-state index in [-0.39, 0.29) is 12.5 Å². The number of benzene rings is 3. The van der Waals surface area contributed by atoms with Crippen LogP contribution in [-0.2, 0) is 17.7 Å². The highest BCUT2D eigenvalue weighted by atomic mass is 16.5. The molecule has 0 bridgehead atoms. The fraction of sp³-hybridized carbons (Fsp3) is 0.208. The zero-order chi connectivity index (χ0) is 19.3. The summed E-state index contributed by atoms with van der Waals surface area (Å²) in [4.78, 5) is 12.2. The maximum atomic E-state index is 12.2. The SMILES string of the molecule is O=C(NCc1ccc(CCO)cc1)OCC1c2ccccc2-c2ccccc21. The normalized spacial score (nSPS) is 12.3. The molecule has 0 spiro atoms. The number of alkyl carbamates (subject to hydrolysis) is 1. The van der Waals surface area contributed by atoms with Gasteiger partial charge in [0.1, 0.15) is 6.61 Å². The van der Waals surface area contributed by atoms with Gasteiger partial charge in [-0.2, -0.15) is 0 Å². The highest BCUT2D eigenvalue weighted by Crippen LogP contribution is 2.44. The van der Waals surface area contributed by atoms with Gasteiger partial charge in [0, 0.05) is 19.1 Å². The molecule has 3 aromatic carbocycles. The standard InChI is InChI=1S/C24H23NO3/c26-14-13-17-9-11-18(12-10-17)15-25-24(27)28-16-23-21-7-3-1-5-19(21)20-6-2-4-8-22(20)23/h1-12,23,26H,13-16H2,(H,25,27). The molecule has 4 nitrogen and oxygen atoms in total. The smallest absolute Gasteiger partial charge is 0.407 e. The number of ether oxygens (including phenoxy) is 1. The summed E-state index contributed by atoms with van der Waals surface area (Å²) in [6.07, 6.45) is 0.224. The number of aliphatic hydroxyl groups excluding tert-OH is 1. The number of rotatable bonds is 6. The number of hydrogen-bond acceptors (Lipinski definition) is 3. The van der Waals surface area contributed by atoms with Gasteiger partial charge in [0.05, 0.1) is 0 Å². The van der Waals surface area contributed by atoms with Gasteiger partial charge in [-0.1, -0.05) is 72.8 Å². The van der Waals surface area contributed by atoms with Gasteiger partial charge >= 0.3 is 6.09 Å². The minimum Gasteiger partial charge on any atom is -0.449 e. The van der Waals surface area contributed by atoms with E-state index in [9.17, 15) is 4.79 Å². The topological polar surface area (TPSA) is 58.6 Å². The Balaban J connectivity index is 1.36. The molecule has 1 aliphatic carbocycles. The molecule has 28 heavy (non-hydrogen) atoms. The predicted molar refractivity (Wildman–Crippen MR) is 109 cm³/mol. The summed E-state index contributed by atoms with van der Waals surface area (Å²) in [7, 11) is 0. The molecule has 0 fully saturated rings. The maximum Gasteiger partial charge on any atom is 0.407 e. The molecule has 4 heteroatoms. The third kappa shape index (κ3) is 3.78. The molecule has 142 valence electrons. The lowest BCUT2D eigenvalue weighted by Crippen LogP contribution is -2.25. The van der Waals surface area contributed by atoms with Crippen LogP contribution in [0.4, 0.5) is 4.79 Å². The molecule has 0 atom stereocenters. The fourth-order valence-electron chi connectivity index (χ4n) is 3.78. The number of hydrogen-bond donors (Lipinski definition) is 2. The van der Waals surface area contributed by atoms with Crippen LogP contribution in [0, 0.1) is 0 Å². The van der Waals surface area contributed by atoms with Crippen molar-refractivity contribution in [3.63, 3.8) is 0 Å². The summed E-state index contributed by atoms with van der Waals surface area (Å²) in [5, 5.41) is 11.8. The highest BCUT2D eigenvalue weighted by Gasteiger charge is 2.28. The first-order valence-electron chi connectivity index (χ1n) is 9.54. The van der Waals surface area contributed by atoms with Crippen molar-refractivity contribution in [2.45, 2.75) is 18.9 Å². The molecular weight excluding hydrogens is 350 g/mol. The zero-order valence-corrected chi connectivity index (χ0v) is 15.6. The van der Waals surface area contributed by atoms with Crippen molar-refractivity contribution in [2.24, 2.45) is 0 Å². The van der Waals surface area contributed by atoms with Crippen molar-refractivity contribution in [2.75, 3.05) is 13.2 Å². The largest absolute Gasteiger partial charge is 0.449 e. The molecule has 3 aromatic rings. The minimum absolute atomic E-state index is 0.0657. The Morgan fingerprint density at radius 3 is 2.04 bits per heavy atom. The lowest BCUT2D eigenvalue weighted by molar-refractivity contribution is 0.142. The molecule has 1 aliphatic rings. The Hall–Kier alpha value is -3.11. The Labute approximate surface area is 164 Å². The molecule has 0 saturated carbocycles. The predicted octanol–water partition coefficient (Wildman–Crippen LogP) is 4.26. The third-order valence-corrected chi connectivity index (χ3v) is 5.20. The van der Waals surface area contributed by atoms with E-state index < -0.39 is 6.09 Å². The van der Waals surface area contributed by atoms with Gasteiger partial charge in [0.15, 0.2) is 0 Å². The van der Waals surface area contributed by atoms with Crippen molar-refractivity contribution >= 4 is 6.09 Å². The van der Waals surface area contributed by atoms with Gasteiger partial charge in [0.25, 0.3) is 0 Å². The van der Waals surface area contributed by atoms with E-state index in [1.807, 2.05) is 48.5 Å². The van der Waals surface area contributed by atoms with E-state index >= 15 is 0 Å². The Kier molecular flexibility index (Phi) is 5.40. The molecule has 0 aromatic heterocycles. The van der Waals surface area contributed by atoms with E-state index in [2.05, 4.69) is 29.6 Å². The molecule has 0 radical (unpaired) electrons. The van der Waals surface area contributed by atoms with Crippen molar-refractivity contribution in [3.05, 3.63) is 95.1 Å². The monoisotopic (exact) mass is 373 g/mol. The first-order valence-corrected chi connectivity index (χ1v) is 9.54. The van der Waals surface area contributed by atoms with E-state index in [1.54, 1.807) is 0 Å². The van der Waals surface area contributed by atoms with Gasteiger partial charge in [-0.25, -0.2) is 4.79 Å². The average Bonchev–Trinajstić information content (AvgIpc) is 3.06. The molecule has 1 amide bonds. The molecular formula is C24H23NO3. The van der Waals surface area contributed by atoms with Gasteiger partial charge < -0.3 is 15.2 Å². The third-order valence-electron chi connectivity index (χ3n) is 5.20. The van der Waals surface area contributed by atoms with Crippen LogP contribution < -0.4 is 5.32 Å². The molecule has 0 unspecified atom stereocenters. The summed E-state index contributed by atoms with van der Waals surface area (Å²) < 4.78 is 5.54. The van der Waals surface area contributed by atoms with Gasteiger partial charge in [-0.3, -0.25) is 0 Å². The van der Waals surface area contributed by atoms with E-state index in [0.717, 1.165) is 11.1 Å². The lowest BCUT2D eigenvalue weighted by Gasteiger charge is -2.14. The van der Waals surface area contributed by atoms with Crippen LogP contribution in [0.5, 0.6) is 0 Å². The summed E-state index contributed by atoms with van der Waals surface area (Å²) in [5.41, 5.74) is 6.92. The Morgan fingerprint density at radius 1 is 0.857 bits per heavy atom. The average molecular weight is 373 g/mol. The molecule has 4 rings (SSSR count). The minimum atomic E-state index is -0.415. The van der Waals surface area contributed by atoms with Crippen molar-refractivity contribution in [1.82, 2.24) is 5.32 Å². The molecule has 0 heterocycles. The first-order chi connectivity index (χ1) is 13.8. The number of aliphatic hydroxyl groups is 1. The number of nitrogens with one attached hydrogen (secondary N) is 1. The second kappa shape index (κ2) is 8.28. The van der Waals surface area contributed by atoms with Crippen molar-refractivity contribution in [1.29, 1.82) is 0 Å². The van der Waals surface area contributed by atoms with Crippen LogP contribution in [0.2, 0.25) is 0 Å². The second-order valence-corrected chi connectivity index (χ2v) is 6.97. The van der Waals surface area contributed by atoms with E-state index in [4.69, 9.17) is 9.84 Å². The Bertz CT molecular complexity index is 920. The number of carbonyl (C=O) groups excluding carboxylic acids is 1. The summed E-state index contributed by atoms with van der Waals surface area (Å²) >= 11 is 0. The van der Waals surface area contributed by atoms with Crippen LogP contribution in [0.15, 0.2) is 72.8 Å². The fourth-order valence-corrected chi connectivity index (χ4v) is 3.78. The van der Waals surface area contributed by atoms with Crippen LogP contribution in [0.1, 0.15) is 28.2 Å². The van der Waals surface area contributed by atoms with Gasteiger partial charge in [-0.15, -0.1) is 0 Å². The van der Waals surface area contributed by atoms with E-state index in [1.165, 1.54) is 22.3 Å². The Morgan fingerprint density at radius 2 is 1.43 bits per heavy atom. The first kappa shape index (κ1) is 18.3. The summed E-state index contributed by atoms with van der Waals surface area (Å²) in [6, 6.07) is 24.4. The van der Waals surface area contributed by atoms with Gasteiger partial charge in [0.2, 0.25) is 0 Å². The maximum absolute atomic E-state index is 12.2. The summed E-state index contributed by atoms with van der Waals surface area (Å²) in [5.74, 6) is 0.0657. The molecule has 0 aliphatic heterocycles. The highest BCUT2D eigenvalue weighted by molar-refractivity contribution is 5.79.